The first-order valence-electron chi connectivity index (χ1n) is 4.76. The van der Waals surface area contributed by atoms with Gasteiger partial charge < -0.3 is 5.32 Å². The highest BCUT2D eigenvalue weighted by atomic mass is 16.1. The predicted octanol–water partition coefficient (Wildman–Crippen LogP) is 2.58. The molecule has 82 valence electrons. The fraction of sp³-hybridized carbons (Fsp3) is 0.333. The molecule has 1 amide bonds. The van der Waals surface area contributed by atoms with Crippen LogP contribution in [0.4, 0.5) is 0 Å². The zero-order chi connectivity index (χ0) is 11.8. The average Bonchev–Trinajstić information content (AvgIpc) is 2.17. The van der Waals surface area contributed by atoms with Gasteiger partial charge in [-0.15, -0.1) is 6.58 Å². The molecular formula is C12H18N2O. The number of aliphatic imine (C=N–C) groups is 1. The molecule has 0 fully saturated rings. The molecule has 0 aromatic heterocycles. The van der Waals surface area contributed by atoms with Crippen molar-refractivity contribution in [2.75, 3.05) is 0 Å². The first kappa shape index (κ1) is 13.4. The number of amides is 1. The molecule has 0 radical (unpaired) electrons. The third-order valence-electron chi connectivity index (χ3n) is 2.01. The lowest BCUT2D eigenvalue weighted by atomic mass is 10.1. The summed E-state index contributed by atoms with van der Waals surface area (Å²) < 4.78 is 0. The zero-order valence-corrected chi connectivity index (χ0v) is 9.63. The molecule has 0 aliphatic heterocycles. The number of amidine groups is 1. The van der Waals surface area contributed by atoms with E-state index < -0.39 is 0 Å². The van der Waals surface area contributed by atoms with E-state index in [1.165, 1.54) is 6.20 Å². The van der Waals surface area contributed by atoms with Crippen LogP contribution in [0.15, 0.2) is 41.6 Å². The van der Waals surface area contributed by atoms with Gasteiger partial charge in [0.2, 0.25) is 0 Å². The van der Waals surface area contributed by atoms with Crippen LogP contribution < -0.4 is 5.32 Å². The van der Waals surface area contributed by atoms with Gasteiger partial charge in [-0.2, -0.15) is 0 Å². The van der Waals surface area contributed by atoms with E-state index in [0.29, 0.717) is 11.4 Å². The van der Waals surface area contributed by atoms with Crippen LogP contribution in [-0.2, 0) is 4.79 Å². The molecule has 0 atom stereocenters. The second-order valence-corrected chi connectivity index (χ2v) is 3.25. The van der Waals surface area contributed by atoms with Crippen molar-refractivity contribution in [3.05, 3.63) is 36.6 Å². The summed E-state index contributed by atoms with van der Waals surface area (Å²) in [6.07, 6.45) is 3.89. The van der Waals surface area contributed by atoms with Crippen LogP contribution in [0.1, 0.15) is 27.2 Å². The molecule has 1 N–H and O–H groups in total. The van der Waals surface area contributed by atoms with Gasteiger partial charge >= 0.3 is 0 Å². The summed E-state index contributed by atoms with van der Waals surface area (Å²) in [5.74, 6) is 0.415. The van der Waals surface area contributed by atoms with Crippen LogP contribution in [-0.4, -0.2) is 11.7 Å². The molecule has 0 spiro atoms. The van der Waals surface area contributed by atoms with Gasteiger partial charge in [0.25, 0.3) is 5.91 Å². The normalized spacial score (nSPS) is 12.9. The number of nitrogens with one attached hydrogen (secondary N) is 1. The Balaban J connectivity index is 4.58. The van der Waals surface area contributed by atoms with Crippen LogP contribution >= 0.6 is 0 Å². The van der Waals surface area contributed by atoms with Gasteiger partial charge in [0.05, 0.1) is 0 Å². The van der Waals surface area contributed by atoms with E-state index in [-0.39, 0.29) is 5.91 Å². The van der Waals surface area contributed by atoms with E-state index >= 15 is 0 Å². The van der Waals surface area contributed by atoms with Gasteiger partial charge in [-0.25, -0.2) is 4.99 Å². The minimum atomic E-state index is -0.127. The molecule has 0 saturated heterocycles. The first-order chi connectivity index (χ1) is 7.02. The average molecular weight is 206 g/mol. The summed E-state index contributed by atoms with van der Waals surface area (Å²) in [5, 5.41) is 2.67. The lowest BCUT2D eigenvalue weighted by molar-refractivity contribution is -0.116. The van der Waals surface area contributed by atoms with Crippen molar-refractivity contribution in [3.8, 4) is 0 Å². The van der Waals surface area contributed by atoms with Crippen molar-refractivity contribution in [1.29, 1.82) is 0 Å². The van der Waals surface area contributed by atoms with Crippen molar-refractivity contribution in [2.45, 2.75) is 27.2 Å². The number of nitrogens with zero attached hydrogens (tertiary/aromatic N) is 1. The van der Waals surface area contributed by atoms with Crippen LogP contribution in [0.25, 0.3) is 0 Å². The maximum Gasteiger partial charge on any atom is 0.252 e. The molecule has 0 saturated carbocycles. The molecule has 3 heteroatoms. The van der Waals surface area contributed by atoms with Crippen molar-refractivity contribution >= 4 is 11.7 Å². The standard InChI is InChI=1S/C12H18N2O/c1-6-8-9(3)10(4)12(15)14-11(5)13-7-2/h6-7H,1-2,8H2,3-5H3,(H,13,14,15). The highest BCUT2D eigenvalue weighted by Crippen LogP contribution is 2.08. The van der Waals surface area contributed by atoms with Crippen LogP contribution in [0, 0.1) is 0 Å². The lowest BCUT2D eigenvalue weighted by Gasteiger charge is -2.06. The number of hydrogen-bond donors (Lipinski definition) is 1. The lowest BCUT2D eigenvalue weighted by Crippen LogP contribution is -2.29. The van der Waals surface area contributed by atoms with Gasteiger partial charge in [0, 0.05) is 11.8 Å². The Hall–Kier alpha value is -1.64. The molecule has 0 rings (SSSR count). The molecule has 0 aromatic rings. The van der Waals surface area contributed by atoms with Crippen LogP contribution in [0.5, 0.6) is 0 Å². The highest BCUT2D eigenvalue weighted by Gasteiger charge is 2.07. The third-order valence-corrected chi connectivity index (χ3v) is 2.01. The number of allylic oxidation sites excluding steroid dienone is 2. The Morgan fingerprint density at radius 2 is 1.93 bits per heavy atom. The van der Waals surface area contributed by atoms with Gasteiger partial charge in [-0.05, 0) is 27.2 Å². The Morgan fingerprint density at radius 1 is 1.33 bits per heavy atom. The zero-order valence-electron chi connectivity index (χ0n) is 9.63. The SMILES string of the molecule is C=CCC(C)=C(C)C(=O)NC(C)=NC=C. The monoisotopic (exact) mass is 206 g/mol. The largest absolute Gasteiger partial charge is 0.311 e. The minimum Gasteiger partial charge on any atom is -0.311 e. The van der Waals surface area contributed by atoms with Crippen LogP contribution in [0.3, 0.4) is 0 Å². The van der Waals surface area contributed by atoms with Crippen molar-refractivity contribution in [1.82, 2.24) is 5.32 Å². The van der Waals surface area contributed by atoms with E-state index in [0.717, 1.165) is 12.0 Å². The summed E-state index contributed by atoms with van der Waals surface area (Å²) in [6.45, 7) is 12.5. The smallest absolute Gasteiger partial charge is 0.252 e. The van der Waals surface area contributed by atoms with Crippen molar-refractivity contribution in [3.63, 3.8) is 0 Å². The molecule has 0 aliphatic carbocycles. The van der Waals surface area contributed by atoms with Gasteiger partial charge in [-0.1, -0.05) is 18.2 Å². The first-order valence-corrected chi connectivity index (χ1v) is 4.76. The topological polar surface area (TPSA) is 41.5 Å². The molecule has 0 heterocycles. The molecule has 0 aromatic carbocycles. The number of carbonyl (C=O) groups is 1. The second kappa shape index (κ2) is 6.76. The van der Waals surface area contributed by atoms with Crippen molar-refractivity contribution in [2.24, 2.45) is 4.99 Å². The Bertz CT molecular complexity index is 325. The number of rotatable bonds is 4. The van der Waals surface area contributed by atoms with Crippen molar-refractivity contribution < 1.29 is 4.79 Å². The molecular weight excluding hydrogens is 188 g/mol. The molecule has 0 bridgehead atoms. The molecule has 0 unspecified atom stereocenters. The molecule has 0 aliphatic rings. The Kier molecular flexibility index (Phi) is 6.02. The summed E-state index contributed by atoms with van der Waals surface area (Å²) in [4.78, 5) is 15.5. The van der Waals surface area contributed by atoms with Gasteiger partial charge in [-0.3, -0.25) is 4.79 Å². The second-order valence-electron chi connectivity index (χ2n) is 3.25. The number of hydrogen-bond acceptors (Lipinski definition) is 2. The highest BCUT2D eigenvalue weighted by molar-refractivity contribution is 6.05. The molecule has 15 heavy (non-hydrogen) atoms. The quantitative estimate of drug-likeness (QED) is 0.326. The fourth-order valence-electron chi connectivity index (χ4n) is 0.991. The third kappa shape index (κ3) is 4.96. The van der Waals surface area contributed by atoms with E-state index in [4.69, 9.17) is 0 Å². The fourth-order valence-corrected chi connectivity index (χ4v) is 0.991. The van der Waals surface area contributed by atoms with E-state index in [1.807, 2.05) is 6.92 Å². The maximum atomic E-state index is 11.6. The summed E-state index contributed by atoms with van der Waals surface area (Å²) >= 11 is 0. The maximum absolute atomic E-state index is 11.6. The van der Waals surface area contributed by atoms with Crippen LogP contribution in [0.2, 0.25) is 0 Å². The molecule has 3 nitrogen and oxygen atoms in total. The van der Waals surface area contributed by atoms with Gasteiger partial charge in [0.15, 0.2) is 0 Å². The van der Waals surface area contributed by atoms with E-state index in [1.54, 1.807) is 19.9 Å². The summed E-state index contributed by atoms with van der Waals surface area (Å²) in [7, 11) is 0. The van der Waals surface area contributed by atoms with Gasteiger partial charge in [0.1, 0.15) is 5.84 Å². The Labute approximate surface area is 91.3 Å². The minimum absolute atomic E-state index is 0.127. The van der Waals surface area contributed by atoms with E-state index in [2.05, 4.69) is 23.5 Å². The summed E-state index contributed by atoms with van der Waals surface area (Å²) in [5.41, 5.74) is 1.71. The predicted molar refractivity (Wildman–Crippen MR) is 64.6 cm³/mol. The number of carbonyl (C=O) groups excluding carboxylic acids is 1. The summed E-state index contributed by atoms with van der Waals surface area (Å²) in [6, 6.07) is 0. The Morgan fingerprint density at radius 3 is 2.40 bits per heavy atom. The van der Waals surface area contributed by atoms with E-state index in [9.17, 15) is 4.79 Å².